The van der Waals surface area contributed by atoms with Crippen molar-refractivity contribution in [2.75, 3.05) is 33.7 Å². The smallest absolute Gasteiger partial charge is 0.0104 e. The van der Waals surface area contributed by atoms with Gasteiger partial charge in [-0.05, 0) is 32.5 Å². The molecule has 1 fully saturated rings. The van der Waals surface area contributed by atoms with E-state index in [1.165, 1.54) is 24.9 Å². The second-order valence-corrected chi connectivity index (χ2v) is 4.99. The van der Waals surface area contributed by atoms with Crippen LogP contribution >= 0.6 is 0 Å². The number of nitrogens with one attached hydrogen (secondary N) is 1. The molecule has 16 heavy (non-hydrogen) atoms. The minimum absolute atomic E-state index is 0.462. The normalized spacial score (nSPS) is 17.7. The van der Waals surface area contributed by atoms with E-state index in [0.717, 1.165) is 13.1 Å². The van der Waals surface area contributed by atoms with Crippen molar-refractivity contribution >= 4 is 0 Å². The van der Waals surface area contributed by atoms with Crippen LogP contribution in [0.1, 0.15) is 18.4 Å². The highest BCUT2D eigenvalue weighted by Crippen LogP contribution is 2.48. The molecule has 1 aromatic rings. The summed E-state index contributed by atoms with van der Waals surface area (Å²) in [4.78, 5) is 2.44. The van der Waals surface area contributed by atoms with Crippen molar-refractivity contribution in [3.05, 3.63) is 35.9 Å². The molecule has 0 saturated heterocycles. The summed E-state index contributed by atoms with van der Waals surface area (Å²) < 4.78 is 0. The van der Waals surface area contributed by atoms with Gasteiger partial charge in [-0.3, -0.25) is 0 Å². The number of hydrogen-bond donors (Lipinski definition) is 1. The molecule has 1 aliphatic carbocycles. The van der Waals surface area contributed by atoms with E-state index < -0.39 is 0 Å². The molecule has 1 N–H and O–H groups in total. The quantitative estimate of drug-likeness (QED) is 0.784. The SMILES string of the molecule is CNCCN(C)CC1(c2ccccc2)CC1. The zero-order valence-electron chi connectivity index (χ0n) is 10.4. The van der Waals surface area contributed by atoms with E-state index in [1.807, 2.05) is 7.05 Å². The molecule has 0 amide bonds. The molecular weight excluding hydrogens is 196 g/mol. The van der Waals surface area contributed by atoms with Gasteiger partial charge in [-0.25, -0.2) is 0 Å². The van der Waals surface area contributed by atoms with Gasteiger partial charge in [0.1, 0.15) is 0 Å². The summed E-state index contributed by atoms with van der Waals surface area (Å²) in [5, 5.41) is 3.20. The Bertz CT molecular complexity index is 317. The molecule has 88 valence electrons. The fraction of sp³-hybridized carbons (Fsp3) is 0.571. The first-order valence-corrected chi connectivity index (χ1v) is 6.15. The molecule has 1 aromatic carbocycles. The van der Waals surface area contributed by atoms with Crippen LogP contribution in [0.15, 0.2) is 30.3 Å². The molecule has 0 bridgehead atoms. The maximum Gasteiger partial charge on any atom is 0.0104 e. The molecule has 1 aliphatic rings. The molecular formula is C14H22N2. The van der Waals surface area contributed by atoms with Crippen LogP contribution in [0.3, 0.4) is 0 Å². The summed E-state index contributed by atoms with van der Waals surface area (Å²) in [6.45, 7) is 3.39. The molecule has 0 aromatic heterocycles. The third-order valence-electron chi connectivity index (χ3n) is 3.56. The largest absolute Gasteiger partial charge is 0.318 e. The van der Waals surface area contributed by atoms with Crippen molar-refractivity contribution in [2.45, 2.75) is 18.3 Å². The minimum Gasteiger partial charge on any atom is -0.318 e. The summed E-state index contributed by atoms with van der Waals surface area (Å²) in [5.41, 5.74) is 1.98. The molecule has 0 aliphatic heterocycles. The monoisotopic (exact) mass is 218 g/mol. The predicted octanol–water partition coefficient (Wildman–Crippen LogP) is 1.87. The molecule has 2 rings (SSSR count). The topological polar surface area (TPSA) is 15.3 Å². The number of hydrogen-bond acceptors (Lipinski definition) is 2. The van der Waals surface area contributed by atoms with E-state index in [4.69, 9.17) is 0 Å². The molecule has 2 nitrogen and oxygen atoms in total. The van der Waals surface area contributed by atoms with Crippen LogP contribution in [-0.2, 0) is 5.41 Å². The van der Waals surface area contributed by atoms with Crippen molar-refractivity contribution < 1.29 is 0 Å². The summed E-state index contributed by atoms with van der Waals surface area (Å²) >= 11 is 0. The number of nitrogens with zero attached hydrogens (tertiary/aromatic N) is 1. The van der Waals surface area contributed by atoms with Gasteiger partial charge >= 0.3 is 0 Å². The Morgan fingerprint density at radius 1 is 1.25 bits per heavy atom. The van der Waals surface area contributed by atoms with Crippen molar-refractivity contribution in [3.63, 3.8) is 0 Å². The van der Waals surface area contributed by atoms with E-state index in [0.29, 0.717) is 5.41 Å². The van der Waals surface area contributed by atoms with E-state index in [2.05, 4.69) is 47.6 Å². The zero-order chi connectivity index (χ0) is 11.4. The summed E-state index contributed by atoms with van der Waals surface area (Å²) in [5.74, 6) is 0. The van der Waals surface area contributed by atoms with Crippen LogP contribution in [0.4, 0.5) is 0 Å². The third-order valence-corrected chi connectivity index (χ3v) is 3.56. The first-order valence-electron chi connectivity index (χ1n) is 6.15. The lowest BCUT2D eigenvalue weighted by atomic mass is 9.95. The zero-order valence-corrected chi connectivity index (χ0v) is 10.4. The Morgan fingerprint density at radius 3 is 2.50 bits per heavy atom. The lowest BCUT2D eigenvalue weighted by molar-refractivity contribution is 0.303. The fourth-order valence-corrected chi connectivity index (χ4v) is 2.38. The fourth-order valence-electron chi connectivity index (χ4n) is 2.38. The van der Waals surface area contributed by atoms with Crippen LogP contribution in [0.5, 0.6) is 0 Å². The average Bonchev–Trinajstić information content (AvgIpc) is 3.09. The van der Waals surface area contributed by atoms with Gasteiger partial charge < -0.3 is 10.2 Å². The number of rotatable bonds is 6. The van der Waals surface area contributed by atoms with Gasteiger partial charge in [0.15, 0.2) is 0 Å². The Labute approximate surface area is 98.7 Å². The van der Waals surface area contributed by atoms with Gasteiger partial charge in [0.05, 0.1) is 0 Å². The van der Waals surface area contributed by atoms with Gasteiger partial charge in [-0.15, -0.1) is 0 Å². The predicted molar refractivity (Wildman–Crippen MR) is 68.8 cm³/mol. The highest BCUT2D eigenvalue weighted by molar-refractivity contribution is 5.31. The van der Waals surface area contributed by atoms with Gasteiger partial charge in [0, 0.05) is 25.0 Å². The first-order chi connectivity index (χ1) is 7.77. The van der Waals surface area contributed by atoms with Gasteiger partial charge in [-0.2, -0.15) is 0 Å². The second kappa shape index (κ2) is 4.98. The Morgan fingerprint density at radius 2 is 1.94 bits per heavy atom. The molecule has 2 heteroatoms. The average molecular weight is 218 g/mol. The van der Waals surface area contributed by atoms with Crippen molar-refractivity contribution in [1.29, 1.82) is 0 Å². The maximum atomic E-state index is 3.20. The Kier molecular flexibility index (Phi) is 3.62. The van der Waals surface area contributed by atoms with E-state index in [1.54, 1.807) is 0 Å². The van der Waals surface area contributed by atoms with Gasteiger partial charge in [-0.1, -0.05) is 30.3 Å². The van der Waals surface area contributed by atoms with E-state index in [9.17, 15) is 0 Å². The van der Waals surface area contributed by atoms with Crippen LogP contribution in [-0.4, -0.2) is 38.6 Å². The Balaban J connectivity index is 1.94. The van der Waals surface area contributed by atoms with Crippen LogP contribution < -0.4 is 5.32 Å². The maximum absolute atomic E-state index is 3.20. The van der Waals surface area contributed by atoms with Gasteiger partial charge in [0.25, 0.3) is 0 Å². The molecule has 0 unspecified atom stereocenters. The lowest BCUT2D eigenvalue weighted by Gasteiger charge is -2.24. The van der Waals surface area contributed by atoms with Crippen molar-refractivity contribution in [3.8, 4) is 0 Å². The lowest BCUT2D eigenvalue weighted by Crippen LogP contribution is -2.33. The third kappa shape index (κ3) is 2.63. The molecule has 0 atom stereocenters. The number of benzene rings is 1. The molecule has 0 radical (unpaired) electrons. The Hall–Kier alpha value is -0.860. The van der Waals surface area contributed by atoms with Crippen LogP contribution in [0, 0.1) is 0 Å². The van der Waals surface area contributed by atoms with Crippen LogP contribution in [0.2, 0.25) is 0 Å². The highest BCUT2D eigenvalue weighted by Gasteiger charge is 2.44. The van der Waals surface area contributed by atoms with E-state index >= 15 is 0 Å². The highest BCUT2D eigenvalue weighted by atomic mass is 15.1. The minimum atomic E-state index is 0.462. The first kappa shape index (κ1) is 11.6. The van der Waals surface area contributed by atoms with Crippen molar-refractivity contribution in [1.82, 2.24) is 10.2 Å². The van der Waals surface area contributed by atoms with Crippen molar-refractivity contribution in [2.24, 2.45) is 0 Å². The van der Waals surface area contributed by atoms with Gasteiger partial charge in [0.2, 0.25) is 0 Å². The number of likely N-dealkylation sites (N-methyl/N-ethyl adjacent to an activating group) is 2. The molecule has 0 heterocycles. The summed E-state index contributed by atoms with van der Waals surface area (Å²) in [6.07, 6.45) is 2.70. The summed E-state index contributed by atoms with van der Waals surface area (Å²) in [7, 11) is 4.23. The molecule has 0 spiro atoms. The molecule has 1 saturated carbocycles. The second-order valence-electron chi connectivity index (χ2n) is 4.99. The van der Waals surface area contributed by atoms with Crippen LogP contribution in [0.25, 0.3) is 0 Å². The summed E-state index contributed by atoms with van der Waals surface area (Å²) in [6, 6.07) is 11.0. The van der Waals surface area contributed by atoms with E-state index in [-0.39, 0.29) is 0 Å². The standard InChI is InChI=1S/C14H22N2/c1-15-10-11-16(2)12-14(8-9-14)13-6-4-3-5-7-13/h3-7,15H,8-12H2,1-2H3.